The SMILES string of the molecule is CC(C)(C)[Si](C)(C)OCCOCCO[Si](C)(C)C. The Hall–Kier alpha value is 0.314. The Morgan fingerprint density at radius 3 is 1.56 bits per heavy atom. The summed E-state index contributed by atoms with van der Waals surface area (Å²) in [4.78, 5) is 0. The lowest BCUT2D eigenvalue weighted by Crippen LogP contribution is -2.41. The second-order valence-electron chi connectivity index (χ2n) is 7.18. The highest BCUT2D eigenvalue weighted by molar-refractivity contribution is 6.74. The van der Waals surface area contributed by atoms with Crippen LogP contribution >= 0.6 is 0 Å². The third kappa shape index (κ3) is 8.42. The Morgan fingerprint density at radius 1 is 0.722 bits per heavy atom. The van der Waals surface area contributed by atoms with Crippen molar-refractivity contribution in [1.29, 1.82) is 0 Å². The molecule has 0 rings (SSSR count). The molecule has 0 aliphatic heterocycles. The average molecular weight is 293 g/mol. The van der Waals surface area contributed by atoms with Crippen molar-refractivity contribution in [3.63, 3.8) is 0 Å². The summed E-state index contributed by atoms with van der Waals surface area (Å²) in [5.74, 6) is 0. The minimum absolute atomic E-state index is 0.272. The lowest BCUT2D eigenvalue weighted by Gasteiger charge is -2.36. The van der Waals surface area contributed by atoms with E-state index < -0.39 is 16.6 Å². The lowest BCUT2D eigenvalue weighted by molar-refractivity contribution is 0.0715. The number of hydrogen-bond donors (Lipinski definition) is 0. The van der Waals surface area contributed by atoms with Crippen LogP contribution in [0.5, 0.6) is 0 Å². The fourth-order valence-corrected chi connectivity index (χ4v) is 2.80. The van der Waals surface area contributed by atoms with Crippen LogP contribution in [0.1, 0.15) is 20.8 Å². The quantitative estimate of drug-likeness (QED) is 0.502. The van der Waals surface area contributed by atoms with Crippen LogP contribution in [-0.2, 0) is 13.6 Å². The van der Waals surface area contributed by atoms with Crippen LogP contribution in [0.3, 0.4) is 0 Å². The summed E-state index contributed by atoms with van der Waals surface area (Å²) in [6, 6.07) is 0. The largest absolute Gasteiger partial charge is 0.415 e. The molecule has 0 aromatic rings. The maximum atomic E-state index is 6.02. The van der Waals surface area contributed by atoms with Gasteiger partial charge in [-0.3, -0.25) is 0 Å². The Balaban J connectivity index is 3.58. The summed E-state index contributed by atoms with van der Waals surface area (Å²) in [5, 5.41) is 0.272. The van der Waals surface area contributed by atoms with Crippen molar-refractivity contribution < 1.29 is 13.6 Å². The molecule has 0 spiro atoms. The van der Waals surface area contributed by atoms with Gasteiger partial charge in [0.05, 0.1) is 26.4 Å². The first kappa shape index (κ1) is 18.3. The van der Waals surface area contributed by atoms with Gasteiger partial charge in [0.1, 0.15) is 0 Å². The zero-order chi connectivity index (χ0) is 14.4. The van der Waals surface area contributed by atoms with E-state index in [1.54, 1.807) is 0 Å². The van der Waals surface area contributed by atoms with Gasteiger partial charge in [-0.25, -0.2) is 0 Å². The Bertz CT molecular complexity index is 229. The maximum absolute atomic E-state index is 6.02. The normalized spacial score (nSPS) is 14.0. The zero-order valence-corrected chi connectivity index (χ0v) is 15.6. The topological polar surface area (TPSA) is 27.7 Å². The van der Waals surface area contributed by atoms with E-state index in [0.29, 0.717) is 26.4 Å². The third-order valence-electron chi connectivity index (χ3n) is 3.26. The minimum atomic E-state index is -1.61. The molecule has 0 saturated carbocycles. The molecular weight excluding hydrogens is 260 g/mol. The van der Waals surface area contributed by atoms with Crippen LogP contribution in [-0.4, -0.2) is 43.1 Å². The maximum Gasteiger partial charge on any atom is 0.192 e. The standard InChI is InChI=1S/C13H32O3Si2/c1-13(2,3)18(7,8)16-12-10-14-9-11-15-17(4,5)6/h9-12H2,1-8H3. The van der Waals surface area contributed by atoms with Gasteiger partial charge < -0.3 is 13.6 Å². The molecule has 0 aromatic carbocycles. The predicted molar refractivity (Wildman–Crippen MR) is 83.3 cm³/mol. The fraction of sp³-hybridized carbons (Fsp3) is 1.00. The highest BCUT2D eigenvalue weighted by atomic mass is 28.4. The van der Waals surface area contributed by atoms with E-state index in [-0.39, 0.29) is 5.04 Å². The van der Waals surface area contributed by atoms with E-state index in [4.69, 9.17) is 13.6 Å². The van der Waals surface area contributed by atoms with Gasteiger partial charge in [0.15, 0.2) is 16.6 Å². The minimum Gasteiger partial charge on any atom is -0.415 e. The summed E-state index contributed by atoms with van der Waals surface area (Å²) < 4.78 is 17.3. The van der Waals surface area contributed by atoms with Gasteiger partial charge in [-0.2, -0.15) is 0 Å². The summed E-state index contributed by atoms with van der Waals surface area (Å²) >= 11 is 0. The van der Waals surface area contributed by atoms with Gasteiger partial charge >= 0.3 is 0 Å². The summed E-state index contributed by atoms with van der Waals surface area (Å²) in [6.07, 6.45) is 0. The van der Waals surface area contributed by atoms with Gasteiger partial charge in [0.25, 0.3) is 0 Å². The van der Waals surface area contributed by atoms with E-state index in [1.165, 1.54) is 0 Å². The average Bonchev–Trinajstić information content (AvgIpc) is 2.12. The Kier molecular flexibility index (Phi) is 7.32. The van der Waals surface area contributed by atoms with Crippen molar-refractivity contribution in [2.45, 2.75) is 58.5 Å². The number of hydrogen-bond acceptors (Lipinski definition) is 3. The van der Waals surface area contributed by atoms with Crippen LogP contribution in [0.4, 0.5) is 0 Å². The Morgan fingerprint density at radius 2 is 1.17 bits per heavy atom. The van der Waals surface area contributed by atoms with E-state index >= 15 is 0 Å². The van der Waals surface area contributed by atoms with Gasteiger partial charge in [0, 0.05) is 0 Å². The van der Waals surface area contributed by atoms with Crippen molar-refractivity contribution in [3.8, 4) is 0 Å². The van der Waals surface area contributed by atoms with E-state index in [0.717, 1.165) is 0 Å². The summed E-state index contributed by atoms with van der Waals surface area (Å²) in [6.45, 7) is 20.6. The van der Waals surface area contributed by atoms with Crippen LogP contribution in [0.2, 0.25) is 37.8 Å². The molecule has 0 unspecified atom stereocenters. The monoisotopic (exact) mass is 292 g/mol. The molecule has 0 amide bonds. The molecule has 0 saturated heterocycles. The molecule has 0 aromatic heterocycles. The van der Waals surface area contributed by atoms with Crippen molar-refractivity contribution in [2.24, 2.45) is 0 Å². The molecule has 0 heterocycles. The van der Waals surface area contributed by atoms with E-state index in [1.807, 2.05) is 0 Å². The van der Waals surface area contributed by atoms with Crippen molar-refractivity contribution in [1.82, 2.24) is 0 Å². The van der Waals surface area contributed by atoms with Gasteiger partial charge in [-0.1, -0.05) is 20.8 Å². The molecule has 0 bridgehead atoms. The van der Waals surface area contributed by atoms with Gasteiger partial charge in [0.2, 0.25) is 0 Å². The van der Waals surface area contributed by atoms with Crippen molar-refractivity contribution in [2.75, 3.05) is 26.4 Å². The van der Waals surface area contributed by atoms with Crippen molar-refractivity contribution >= 4 is 16.6 Å². The zero-order valence-electron chi connectivity index (χ0n) is 13.6. The first-order chi connectivity index (χ1) is 7.96. The lowest BCUT2D eigenvalue weighted by atomic mass is 10.2. The van der Waals surface area contributed by atoms with Crippen molar-refractivity contribution in [3.05, 3.63) is 0 Å². The third-order valence-corrected chi connectivity index (χ3v) is 8.87. The molecule has 0 radical (unpaired) electrons. The van der Waals surface area contributed by atoms with Crippen LogP contribution < -0.4 is 0 Å². The molecule has 0 atom stereocenters. The molecule has 0 N–H and O–H groups in total. The van der Waals surface area contributed by atoms with Gasteiger partial charge in [-0.15, -0.1) is 0 Å². The second-order valence-corrected chi connectivity index (χ2v) is 16.5. The van der Waals surface area contributed by atoms with Crippen LogP contribution in [0.25, 0.3) is 0 Å². The molecule has 3 nitrogen and oxygen atoms in total. The molecule has 0 aliphatic carbocycles. The number of ether oxygens (including phenoxy) is 1. The Labute approximate surface area is 115 Å². The molecule has 0 aliphatic rings. The summed E-state index contributed by atoms with van der Waals surface area (Å²) in [7, 11) is -2.99. The highest BCUT2D eigenvalue weighted by Gasteiger charge is 2.36. The molecule has 18 heavy (non-hydrogen) atoms. The predicted octanol–water partition coefficient (Wildman–Crippen LogP) is 3.88. The first-order valence-electron chi connectivity index (χ1n) is 6.81. The fourth-order valence-electron chi connectivity index (χ4n) is 1.08. The number of rotatable bonds is 8. The highest BCUT2D eigenvalue weighted by Crippen LogP contribution is 2.36. The first-order valence-corrected chi connectivity index (χ1v) is 13.1. The molecule has 5 heteroatoms. The van der Waals surface area contributed by atoms with Crippen LogP contribution in [0.15, 0.2) is 0 Å². The van der Waals surface area contributed by atoms with Gasteiger partial charge in [-0.05, 0) is 37.8 Å². The molecule has 110 valence electrons. The molecular formula is C13H32O3Si2. The van der Waals surface area contributed by atoms with Crippen LogP contribution in [0, 0.1) is 0 Å². The second kappa shape index (κ2) is 7.19. The smallest absolute Gasteiger partial charge is 0.192 e. The summed E-state index contributed by atoms with van der Waals surface area (Å²) in [5.41, 5.74) is 0. The van der Waals surface area contributed by atoms with E-state index in [9.17, 15) is 0 Å². The van der Waals surface area contributed by atoms with E-state index in [2.05, 4.69) is 53.5 Å². The molecule has 0 fully saturated rings.